The van der Waals surface area contributed by atoms with Crippen LogP contribution in [0.5, 0.6) is 0 Å². The molecular weight excluding hydrogens is 308 g/mol. The van der Waals surface area contributed by atoms with Gasteiger partial charge in [0.25, 0.3) is 0 Å². The highest BCUT2D eigenvalue weighted by Crippen LogP contribution is 2.44. The Hall–Kier alpha value is -1.35. The second kappa shape index (κ2) is 7.11. The monoisotopic (exact) mass is 340 g/mol. The second-order valence-corrected chi connectivity index (χ2v) is 8.93. The topological polar surface area (TPSA) is 55.1 Å². The van der Waals surface area contributed by atoms with Crippen LogP contribution >= 0.6 is 0 Å². The van der Waals surface area contributed by atoms with E-state index in [1.165, 1.54) is 44.1 Å². The van der Waals surface area contributed by atoms with Crippen molar-refractivity contribution >= 4 is 5.91 Å². The van der Waals surface area contributed by atoms with Crippen molar-refractivity contribution in [3.05, 3.63) is 35.9 Å². The molecule has 0 saturated heterocycles. The van der Waals surface area contributed by atoms with E-state index < -0.39 is 0 Å². The van der Waals surface area contributed by atoms with Crippen molar-refractivity contribution in [3.63, 3.8) is 0 Å². The molecule has 2 atom stereocenters. The van der Waals surface area contributed by atoms with E-state index in [-0.39, 0.29) is 11.3 Å². The van der Waals surface area contributed by atoms with Gasteiger partial charge in [0.05, 0.1) is 0 Å². The maximum Gasteiger partial charge on any atom is 0.223 e. The van der Waals surface area contributed by atoms with Gasteiger partial charge < -0.3 is 11.1 Å². The van der Waals surface area contributed by atoms with Crippen molar-refractivity contribution in [1.29, 1.82) is 0 Å². The summed E-state index contributed by atoms with van der Waals surface area (Å²) in [6.07, 6.45) is 10.6. The minimum Gasteiger partial charge on any atom is -0.355 e. The maximum absolute atomic E-state index is 12.8. The highest BCUT2D eigenvalue weighted by atomic mass is 16.1. The largest absolute Gasteiger partial charge is 0.355 e. The summed E-state index contributed by atoms with van der Waals surface area (Å²) in [7, 11) is 0. The van der Waals surface area contributed by atoms with Crippen LogP contribution in [0.25, 0.3) is 0 Å². The molecule has 3 heteroatoms. The molecule has 3 saturated carbocycles. The maximum atomic E-state index is 12.8. The van der Waals surface area contributed by atoms with Crippen LogP contribution in [0.1, 0.15) is 56.9 Å². The Balaban J connectivity index is 1.33. The number of fused-ring (bicyclic) bond motifs is 2. The minimum absolute atomic E-state index is 0.198. The molecule has 3 nitrogen and oxygen atoms in total. The van der Waals surface area contributed by atoms with Crippen LogP contribution in [0.15, 0.2) is 30.3 Å². The van der Waals surface area contributed by atoms with Crippen molar-refractivity contribution in [1.82, 2.24) is 5.32 Å². The number of hydrogen-bond donors (Lipinski definition) is 2. The first-order valence-corrected chi connectivity index (χ1v) is 10.2. The highest BCUT2D eigenvalue weighted by Gasteiger charge is 2.42. The fourth-order valence-electron chi connectivity index (χ4n) is 5.54. The summed E-state index contributed by atoms with van der Waals surface area (Å²) in [6, 6.07) is 11.1. The molecule has 4 rings (SSSR count). The third-order valence-electron chi connectivity index (χ3n) is 7.26. The molecule has 3 fully saturated rings. The average Bonchev–Trinajstić information content (AvgIpc) is 2.57. The molecule has 3 aliphatic carbocycles. The number of nitrogens with one attached hydrogen (secondary N) is 1. The minimum atomic E-state index is 0.198. The molecule has 0 heterocycles. The normalized spacial score (nSPS) is 33.3. The molecule has 0 aromatic heterocycles. The van der Waals surface area contributed by atoms with Crippen LogP contribution in [0.2, 0.25) is 0 Å². The zero-order valence-electron chi connectivity index (χ0n) is 15.3. The van der Waals surface area contributed by atoms with Gasteiger partial charge >= 0.3 is 0 Å². The lowest BCUT2D eigenvalue weighted by molar-refractivity contribution is -0.128. The number of rotatable bonds is 5. The first-order valence-electron chi connectivity index (χ1n) is 10.2. The number of hydrogen-bond acceptors (Lipinski definition) is 2. The SMILES string of the molecule is NC1C2CCCC1CC(C(=O)NCC1(Cc3ccccc3)CCC1)C2. The van der Waals surface area contributed by atoms with E-state index in [1.807, 2.05) is 0 Å². The lowest BCUT2D eigenvalue weighted by Gasteiger charge is -2.45. The van der Waals surface area contributed by atoms with Gasteiger partial charge in [-0.15, -0.1) is 0 Å². The van der Waals surface area contributed by atoms with Crippen LogP contribution in [0.4, 0.5) is 0 Å². The third kappa shape index (κ3) is 3.62. The molecule has 0 aliphatic heterocycles. The number of benzene rings is 1. The van der Waals surface area contributed by atoms with Gasteiger partial charge in [0.1, 0.15) is 0 Å². The van der Waals surface area contributed by atoms with Gasteiger partial charge in [-0.2, -0.15) is 0 Å². The summed E-state index contributed by atoms with van der Waals surface area (Å²) in [5.74, 6) is 1.64. The molecule has 2 unspecified atom stereocenters. The van der Waals surface area contributed by atoms with Crippen molar-refractivity contribution in [2.45, 2.75) is 63.8 Å². The van der Waals surface area contributed by atoms with Crippen molar-refractivity contribution in [2.24, 2.45) is 28.9 Å². The van der Waals surface area contributed by atoms with Crippen LogP contribution in [-0.2, 0) is 11.2 Å². The van der Waals surface area contributed by atoms with E-state index in [0.717, 1.165) is 25.8 Å². The Morgan fingerprint density at radius 3 is 2.36 bits per heavy atom. The second-order valence-electron chi connectivity index (χ2n) is 8.93. The Morgan fingerprint density at radius 2 is 1.76 bits per heavy atom. The number of amides is 1. The van der Waals surface area contributed by atoms with Gasteiger partial charge in [0.15, 0.2) is 0 Å². The third-order valence-corrected chi connectivity index (χ3v) is 7.26. The summed E-state index contributed by atoms with van der Waals surface area (Å²) in [6.45, 7) is 0.846. The molecule has 25 heavy (non-hydrogen) atoms. The number of carbonyl (C=O) groups is 1. The van der Waals surface area contributed by atoms with Crippen molar-refractivity contribution < 1.29 is 4.79 Å². The Labute approximate surface area is 151 Å². The summed E-state index contributed by atoms with van der Waals surface area (Å²) >= 11 is 0. The van der Waals surface area contributed by atoms with E-state index in [1.54, 1.807) is 0 Å². The fourth-order valence-corrected chi connectivity index (χ4v) is 5.54. The summed E-state index contributed by atoms with van der Waals surface area (Å²) in [4.78, 5) is 12.8. The van der Waals surface area contributed by atoms with Crippen LogP contribution < -0.4 is 11.1 Å². The molecule has 0 spiro atoms. The predicted molar refractivity (Wildman–Crippen MR) is 101 cm³/mol. The average molecular weight is 341 g/mol. The lowest BCUT2D eigenvalue weighted by atomic mass is 9.64. The Bertz CT molecular complexity index is 581. The number of carbonyl (C=O) groups excluding carboxylic acids is 1. The van der Waals surface area contributed by atoms with E-state index >= 15 is 0 Å². The zero-order chi connectivity index (χ0) is 17.3. The van der Waals surface area contributed by atoms with Gasteiger partial charge in [-0.1, -0.05) is 43.2 Å². The molecule has 3 N–H and O–H groups in total. The Morgan fingerprint density at radius 1 is 1.08 bits per heavy atom. The molecule has 1 aromatic rings. The fraction of sp³-hybridized carbons (Fsp3) is 0.682. The smallest absolute Gasteiger partial charge is 0.223 e. The number of nitrogens with two attached hydrogens (primary N) is 1. The molecule has 2 bridgehead atoms. The standard InChI is InChI=1S/C22H32N2O/c23-20-17-8-4-9-18(20)13-19(12-17)21(25)24-15-22(10-5-11-22)14-16-6-2-1-3-7-16/h1-3,6-7,17-20H,4-5,8-15,23H2,(H,24,25). The summed E-state index contributed by atoms with van der Waals surface area (Å²) in [5.41, 5.74) is 8.06. The van der Waals surface area contributed by atoms with Crippen LogP contribution in [0.3, 0.4) is 0 Å². The van der Waals surface area contributed by atoms with Crippen molar-refractivity contribution in [3.8, 4) is 0 Å². The lowest BCUT2D eigenvalue weighted by Crippen LogP contribution is -2.51. The van der Waals surface area contributed by atoms with E-state index in [2.05, 4.69) is 35.6 Å². The summed E-state index contributed by atoms with van der Waals surface area (Å²) in [5, 5.41) is 3.34. The molecule has 1 aromatic carbocycles. The molecule has 136 valence electrons. The molecule has 3 aliphatic rings. The van der Waals surface area contributed by atoms with E-state index in [9.17, 15) is 4.79 Å². The zero-order valence-corrected chi connectivity index (χ0v) is 15.3. The van der Waals surface area contributed by atoms with Gasteiger partial charge in [0.2, 0.25) is 5.91 Å². The molecule has 1 amide bonds. The van der Waals surface area contributed by atoms with Gasteiger partial charge in [-0.3, -0.25) is 4.79 Å². The van der Waals surface area contributed by atoms with Crippen molar-refractivity contribution in [2.75, 3.05) is 6.54 Å². The van der Waals surface area contributed by atoms with Crippen LogP contribution in [-0.4, -0.2) is 18.5 Å². The molecular formula is C22H32N2O. The first-order chi connectivity index (χ1) is 12.2. The highest BCUT2D eigenvalue weighted by molar-refractivity contribution is 5.78. The first kappa shape index (κ1) is 17.1. The van der Waals surface area contributed by atoms with Crippen LogP contribution in [0, 0.1) is 23.2 Å². The van der Waals surface area contributed by atoms with E-state index in [4.69, 9.17) is 5.73 Å². The van der Waals surface area contributed by atoms with Gasteiger partial charge in [-0.25, -0.2) is 0 Å². The summed E-state index contributed by atoms with van der Waals surface area (Å²) < 4.78 is 0. The molecule has 0 radical (unpaired) electrons. The van der Waals surface area contributed by atoms with E-state index in [0.29, 0.717) is 23.8 Å². The van der Waals surface area contributed by atoms with Gasteiger partial charge in [0, 0.05) is 18.5 Å². The predicted octanol–water partition coefficient (Wildman–Crippen LogP) is 3.67. The quantitative estimate of drug-likeness (QED) is 0.859. The Kier molecular flexibility index (Phi) is 4.86. The van der Waals surface area contributed by atoms with Gasteiger partial charge in [-0.05, 0) is 67.8 Å².